The van der Waals surface area contributed by atoms with E-state index in [9.17, 15) is 4.79 Å². The van der Waals surface area contributed by atoms with Gasteiger partial charge in [-0.3, -0.25) is 4.79 Å². The molecule has 142 valence electrons. The largest absolute Gasteiger partial charge is 0.493 e. The molecule has 4 aliphatic rings. The molecular formula is C21H26BNO4. The first-order valence-electron chi connectivity index (χ1n) is 9.82. The molecule has 27 heavy (non-hydrogen) atoms. The second-order valence-corrected chi connectivity index (χ2v) is 9.11. The number of methoxy groups -OCH3 is 1. The maximum Gasteiger partial charge on any atom is 0.174 e. The summed E-state index contributed by atoms with van der Waals surface area (Å²) >= 11 is 0. The summed E-state index contributed by atoms with van der Waals surface area (Å²) in [7, 11) is 10.2. The normalized spacial score (nSPS) is 37.0. The van der Waals surface area contributed by atoms with Gasteiger partial charge in [0.2, 0.25) is 0 Å². The van der Waals surface area contributed by atoms with Crippen LogP contribution in [0.1, 0.15) is 44.2 Å². The number of hydrogen-bond acceptors (Lipinski definition) is 5. The van der Waals surface area contributed by atoms with Crippen molar-refractivity contribution >= 4 is 13.6 Å². The van der Waals surface area contributed by atoms with Gasteiger partial charge in [0.25, 0.3) is 0 Å². The van der Waals surface area contributed by atoms with E-state index >= 15 is 0 Å². The predicted octanol–water partition coefficient (Wildman–Crippen LogP) is 1.98. The van der Waals surface area contributed by atoms with Gasteiger partial charge in [0, 0.05) is 23.5 Å². The van der Waals surface area contributed by atoms with E-state index in [1.54, 1.807) is 7.11 Å². The average molecular weight is 367 g/mol. The lowest BCUT2D eigenvalue weighted by Gasteiger charge is -2.65. The van der Waals surface area contributed by atoms with Gasteiger partial charge in [0.05, 0.1) is 18.1 Å². The number of carbonyl (C=O) groups is 1. The minimum atomic E-state index is -0.798. The number of likely N-dealkylation sites (tertiary alicyclic amines) is 1. The van der Waals surface area contributed by atoms with Gasteiger partial charge >= 0.3 is 0 Å². The number of piperidine rings is 1. The topological polar surface area (TPSA) is 48.0 Å². The van der Waals surface area contributed by atoms with Gasteiger partial charge in [0.1, 0.15) is 7.85 Å². The molecule has 2 fully saturated rings. The summed E-state index contributed by atoms with van der Waals surface area (Å²) in [6.07, 6.45) is 2.30. The zero-order valence-corrected chi connectivity index (χ0v) is 16.5. The highest BCUT2D eigenvalue weighted by Gasteiger charge is 2.74. The summed E-state index contributed by atoms with van der Waals surface area (Å²) in [6.45, 7) is 4.71. The van der Waals surface area contributed by atoms with Crippen LogP contribution in [0.3, 0.4) is 0 Å². The number of rotatable bonds is 3. The number of Topliss-reactive ketones (excluding diaryl/α,β-unsaturated/α-hetero) is 1. The number of likely N-dealkylation sites (N-methyl/N-ethyl adjacent to an activating group) is 1. The zero-order valence-electron chi connectivity index (χ0n) is 16.5. The third kappa shape index (κ3) is 2.01. The molecule has 1 aromatic carbocycles. The predicted molar refractivity (Wildman–Crippen MR) is 102 cm³/mol. The summed E-state index contributed by atoms with van der Waals surface area (Å²) in [5.74, 6) is 1.60. The Morgan fingerprint density at radius 1 is 1.33 bits per heavy atom. The molecule has 6 heteroatoms. The first-order valence-corrected chi connectivity index (χ1v) is 9.82. The van der Waals surface area contributed by atoms with Gasteiger partial charge in [-0.1, -0.05) is 6.07 Å². The molecule has 1 aromatic rings. The molecule has 2 unspecified atom stereocenters. The van der Waals surface area contributed by atoms with Crippen LogP contribution in [0.4, 0.5) is 0 Å². The van der Waals surface area contributed by atoms with Crippen molar-refractivity contribution in [3.05, 3.63) is 23.3 Å². The first kappa shape index (κ1) is 17.6. The fraction of sp³-hybridized carbons (Fsp3) is 0.667. The van der Waals surface area contributed by atoms with Crippen molar-refractivity contribution < 1.29 is 19.0 Å². The van der Waals surface area contributed by atoms with Crippen molar-refractivity contribution in [1.82, 2.24) is 4.90 Å². The van der Waals surface area contributed by atoms with E-state index in [0.29, 0.717) is 18.6 Å². The maximum atomic E-state index is 13.0. The molecule has 1 saturated carbocycles. The lowest BCUT2D eigenvalue weighted by Crippen LogP contribution is -2.78. The second kappa shape index (κ2) is 5.29. The van der Waals surface area contributed by atoms with Crippen LogP contribution in [0, 0.1) is 0 Å². The van der Waals surface area contributed by atoms with E-state index < -0.39 is 22.6 Å². The highest BCUT2D eigenvalue weighted by molar-refractivity contribution is 6.13. The third-order valence-electron chi connectivity index (χ3n) is 7.14. The second-order valence-electron chi connectivity index (χ2n) is 9.11. The molecule has 5 rings (SSSR count). The molecule has 0 N–H and O–H groups in total. The summed E-state index contributed by atoms with van der Waals surface area (Å²) in [5, 5.41) is 0. The average Bonchev–Trinajstić information content (AvgIpc) is 2.95. The lowest BCUT2D eigenvalue weighted by atomic mass is 9.48. The summed E-state index contributed by atoms with van der Waals surface area (Å²) in [6, 6.07) is 4.26. The molecule has 2 bridgehead atoms. The fourth-order valence-corrected chi connectivity index (χ4v) is 6.33. The van der Waals surface area contributed by atoms with E-state index in [0.717, 1.165) is 30.7 Å². The van der Waals surface area contributed by atoms with Crippen molar-refractivity contribution in [3.8, 4) is 11.5 Å². The number of ketones is 1. The monoisotopic (exact) mass is 367 g/mol. The highest BCUT2D eigenvalue weighted by atomic mass is 16.5. The number of hydrogen-bond donors (Lipinski definition) is 0. The fourth-order valence-electron chi connectivity index (χ4n) is 6.33. The summed E-state index contributed by atoms with van der Waals surface area (Å²) < 4.78 is 18.7. The maximum absolute atomic E-state index is 13.0. The number of ether oxygens (including phenoxy) is 3. The highest BCUT2D eigenvalue weighted by Crippen LogP contribution is 2.66. The smallest absolute Gasteiger partial charge is 0.174 e. The summed E-state index contributed by atoms with van der Waals surface area (Å²) in [4.78, 5) is 15.4. The van der Waals surface area contributed by atoms with E-state index in [1.807, 2.05) is 19.9 Å². The molecule has 5 nitrogen and oxygen atoms in total. The first-order chi connectivity index (χ1) is 12.7. The lowest BCUT2D eigenvalue weighted by molar-refractivity contribution is -0.233. The molecule has 4 atom stereocenters. The van der Waals surface area contributed by atoms with E-state index in [2.05, 4.69) is 18.0 Å². The molecule has 0 amide bonds. The van der Waals surface area contributed by atoms with Gasteiger partial charge in [-0.15, -0.1) is 0 Å². The Morgan fingerprint density at radius 2 is 2.11 bits per heavy atom. The Hall–Kier alpha value is -1.53. The standard InChI is InChI=1S/C21H26BNO4/c1-19(2,22)27-21-8-7-13(24)18-20(21)9-10-23(3)15(21)11-12-5-6-14(25-4)17(26-18)16(12)20/h5-6,15,18H,7-11H2,1-4H3/t15-,18?,20+,21?/m1/s1. The Labute approximate surface area is 161 Å². The number of nitrogens with zero attached hydrogens (tertiary/aromatic N) is 1. The zero-order chi connectivity index (χ0) is 19.2. The Kier molecular flexibility index (Phi) is 3.44. The molecule has 2 heterocycles. The van der Waals surface area contributed by atoms with Crippen molar-refractivity contribution in [2.45, 2.75) is 68.2 Å². The molecule has 1 spiro atoms. The van der Waals surface area contributed by atoms with Crippen molar-refractivity contribution in [2.75, 3.05) is 20.7 Å². The van der Waals surface area contributed by atoms with Crippen LogP contribution in [0.2, 0.25) is 0 Å². The van der Waals surface area contributed by atoms with Crippen LogP contribution in [0.25, 0.3) is 0 Å². The molecule has 2 aliphatic carbocycles. The summed E-state index contributed by atoms with van der Waals surface area (Å²) in [5.41, 5.74) is 0.546. The third-order valence-corrected chi connectivity index (χ3v) is 7.14. The van der Waals surface area contributed by atoms with E-state index in [1.165, 1.54) is 5.56 Å². The molecule has 0 aromatic heterocycles. The van der Waals surface area contributed by atoms with E-state index in [-0.39, 0.29) is 11.8 Å². The van der Waals surface area contributed by atoms with Crippen LogP contribution in [-0.2, 0) is 21.4 Å². The SMILES string of the molecule is [B]C(C)(C)OC12CCC(=O)C3Oc4c(OC)ccc5c4[C@@]31CCN(C)[C@@H]2C5. The van der Waals surface area contributed by atoms with Crippen LogP contribution >= 0.6 is 0 Å². The van der Waals surface area contributed by atoms with Gasteiger partial charge in [-0.25, -0.2) is 0 Å². The van der Waals surface area contributed by atoms with Gasteiger partial charge in [-0.05, 0) is 58.3 Å². The molecular weight excluding hydrogens is 341 g/mol. The van der Waals surface area contributed by atoms with Crippen molar-refractivity contribution in [3.63, 3.8) is 0 Å². The minimum absolute atomic E-state index is 0.165. The van der Waals surface area contributed by atoms with Gasteiger partial charge in [-0.2, -0.15) is 0 Å². The van der Waals surface area contributed by atoms with Crippen molar-refractivity contribution in [2.24, 2.45) is 0 Å². The van der Waals surface area contributed by atoms with E-state index in [4.69, 9.17) is 22.1 Å². The van der Waals surface area contributed by atoms with Crippen molar-refractivity contribution in [1.29, 1.82) is 0 Å². The number of benzene rings is 1. The molecule has 2 aliphatic heterocycles. The minimum Gasteiger partial charge on any atom is -0.493 e. The Balaban J connectivity index is 1.83. The number of carbonyl (C=O) groups excluding carboxylic acids is 1. The van der Waals surface area contributed by atoms with Crippen LogP contribution in [-0.4, -0.2) is 62.5 Å². The van der Waals surface area contributed by atoms with Gasteiger partial charge in [0.15, 0.2) is 23.4 Å². The Bertz CT molecular complexity index is 834. The van der Waals surface area contributed by atoms with Crippen LogP contribution in [0.5, 0.6) is 11.5 Å². The quantitative estimate of drug-likeness (QED) is 0.765. The van der Waals surface area contributed by atoms with Gasteiger partial charge < -0.3 is 19.1 Å². The molecule has 2 radical (unpaired) electrons. The van der Waals surface area contributed by atoms with Crippen LogP contribution in [0.15, 0.2) is 12.1 Å². The van der Waals surface area contributed by atoms with Crippen LogP contribution < -0.4 is 9.47 Å². The molecule has 1 saturated heterocycles. The Morgan fingerprint density at radius 3 is 2.81 bits per heavy atom.